The van der Waals surface area contributed by atoms with Gasteiger partial charge in [0.15, 0.2) is 11.6 Å². The van der Waals surface area contributed by atoms with Gasteiger partial charge in [-0.15, -0.1) is 0 Å². The monoisotopic (exact) mass is 595 g/mol. The van der Waals surface area contributed by atoms with Crippen LogP contribution in [0.15, 0.2) is 54.6 Å². The zero-order chi connectivity index (χ0) is 30.9. The van der Waals surface area contributed by atoms with E-state index >= 15 is 4.39 Å². The second kappa shape index (κ2) is 14.4. The molecule has 1 aromatic heterocycles. The molecule has 0 saturated heterocycles. The highest BCUT2D eigenvalue weighted by Gasteiger charge is 2.21. The van der Waals surface area contributed by atoms with Gasteiger partial charge in [0.1, 0.15) is 18.1 Å². The van der Waals surface area contributed by atoms with Crippen molar-refractivity contribution in [3.05, 3.63) is 94.4 Å². The van der Waals surface area contributed by atoms with Crippen LogP contribution in [0.1, 0.15) is 48.1 Å². The number of carbonyl (C=O) groups is 2. The third-order valence-electron chi connectivity index (χ3n) is 7.00. The molecule has 4 rings (SSSR count). The van der Waals surface area contributed by atoms with E-state index in [9.17, 15) is 23.5 Å². The van der Waals surface area contributed by atoms with Crippen molar-refractivity contribution in [1.29, 1.82) is 0 Å². The summed E-state index contributed by atoms with van der Waals surface area (Å²) in [5, 5.41) is 18.8. The van der Waals surface area contributed by atoms with Crippen molar-refractivity contribution >= 4 is 35.0 Å². The summed E-state index contributed by atoms with van der Waals surface area (Å²) in [4.78, 5) is 22.6. The van der Waals surface area contributed by atoms with Gasteiger partial charge in [0.2, 0.25) is 5.82 Å². The van der Waals surface area contributed by atoms with E-state index in [-0.39, 0.29) is 25.3 Å². The fraction of sp³-hybridized carbons (Fsp3) is 0.273. The van der Waals surface area contributed by atoms with Crippen LogP contribution in [0.25, 0.3) is 23.1 Å². The molecule has 226 valence electrons. The van der Waals surface area contributed by atoms with E-state index in [0.717, 1.165) is 11.6 Å². The number of rotatable bonds is 15. The lowest BCUT2D eigenvalue weighted by Gasteiger charge is -2.09. The van der Waals surface area contributed by atoms with Crippen LogP contribution >= 0.6 is 0 Å². The Morgan fingerprint density at radius 3 is 2.26 bits per heavy atom. The minimum absolute atomic E-state index is 0.0713. The van der Waals surface area contributed by atoms with Gasteiger partial charge in [0.05, 0.1) is 18.7 Å². The third-order valence-corrected chi connectivity index (χ3v) is 7.00. The Kier molecular flexibility index (Phi) is 10.5. The van der Waals surface area contributed by atoms with E-state index < -0.39 is 29.4 Å². The summed E-state index contributed by atoms with van der Waals surface area (Å²) in [6, 6.07) is 14.0. The molecule has 0 bridgehead atoms. The molecule has 0 fully saturated rings. The molecule has 0 atom stereocenters. The van der Waals surface area contributed by atoms with Crippen LogP contribution in [-0.4, -0.2) is 39.9 Å². The van der Waals surface area contributed by atoms with E-state index in [2.05, 4.69) is 0 Å². The topological polar surface area (TPSA) is 98.0 Å². The average Bonchev–Trinajstić information content (AvgIpc) is 3.24. The normalized spacial score (nSPS) is 11.3. The van der Waals surface area contributed by atoms with Gasteiger partial charge in [0, 0.05) is 17.5 Å². The van der Waals surface area contributed by atoms with Crippen LogP contribution in [-0.2, 0) is 22.6 Å². The maximum atomic E-state index is 15.1. The minimum atomic E-state index is -1.07. The first-order valence-electron chi connectivity index (χ1n) is 13.9. The molecule has 3 aromatic carbocycles. The second-order valence-electron chi connectivity index (χ2n) is 10.0. The first-order valence-corrected chi connectivity index (χ1v) is 13.9. The Bertz CT molecular complexity index is 1630. The molecule has 0 saturated carbocycles. The van der Waals surface area contributed by atoms with Crippen molar-refractivity contribution in [1.82, 2.24) is 4.57 Å². The number of halogens is 3. The molecule has 43 heavy (non-hydrogen) atoms. The van der Waals surface area contributed by atoms with Crippen molar-refractivity contribution in [2.24, 2.45) is 0 Å². The van der Waals surface area contributed by atoms with Gasteiger partial charge < -0.3 is 24.3 Å². The van der Waals surface area contributed by atoms with Crippen LogP contribution < -0.4 is 9.47 Å². The fourth-order valence-corrected chi connectivity index (χ4v) is 4.89. The summed E-state index contributed by atoms with van der Waals surface area (Å²) < 4.78 is 54.6. The Labute approximate surface area is 246 Å². The minimum Gasteiger partial charge on any atom is -0.494 e. The van der Waals surface area contributed by atoms with E-state index in [4.69, 9.17) is 14.6 Å². The molecule has 0 radical (unpaired) electrons. The molecule has 2 N–H and O–H groups in total. The van der Waals surface area contributed by atoms with Crippen molar-refractivity contribution in [3.8, 4) is 11.5 Å². The van der Waals surface area contributed by atoms with Gasteiger partial charge in [0.25, 0.3) is 0 Å². The Morgan fingerprint density at radius 2 is 1.56 bits per heavy atom. The van der Waals surface area contributed by atoms with Gasteiger partial charge in [-0.05, 0) is 85.7 Å². The molecule has 0 aliphatic heterocycles. The first-order chi connectivity index (χ1) is 20.7. The zero-order valence-corrected chi connectivity index (χ0v) is 23.6. The highest BCUT2D eigenvalue weighted by Crippen LogP contribution is 2.33. The van der Waals surface area contributed by atoms with Crippen LogP contribution in [0, 0.1) is 24.4 Å². The number of carboxylic acid groups (broad SMARTS) is 2. The molecule has 0 aliphatic rings. The van der Waals surface area contributed by atoms with Crippen LogP contribution in [0.2, 0.25) is 0 Å². The number of benzene rings is 3. The Morgan fingerprint density at radius 1 is 0.837 bits per heavy atom. The zero-order valence-electron chi connectivity index (χ0n) is 23.6. The average molecular weight is 596 g/mol. The molecule has 0 spiro atoms. The molecule has 0 aliphatic carbocycles. The van der Waals surface area contributed by atoms with Crippen molar-refractivity contribution in [3.63, 3.8) is 0 Å². The summed E-state index contributed by atoms with van der Waals surface area (Å²) in [6.07, 6.45) is 5.40. The van der Waals surface area contributed by atoms with Crippen molar-refractivity contribution < 1.29 is 42.4 Å². The SMILES string of the molecule is Cc1c(CCCC(=O)O)c2c(F)ccc(/C=C/c3ccc(OCCCCOc4cccc(F)c4F)cc3)c2n1CC(=O)O. The first kappa shape index (κ1) is 31.2. The number of aryl methyl sites for hydroxylation is 1. The van der Waals surface area contributed by atoms with Crippen LogP contribution in [0.4, 0.5) is 13.2 Å². The summed E-state index contributed by atoms with van der Waals surface area (Å²) in [6.45, 7) is 2.00. The van der Waals surface area contributed by atoms with Gasteiger partial charge in [-0.25, -0.2) is 8.78 Å². The summed E-state index contributed by atoms with van der Waals surface area (Å²) >= 11 is 0. The van der Waals surface area contributed by atoms with Crippen molar-refractivity contribution in [2.45, 2.75) is 45.6 Å². The maximum Gasteiger partial charge on any atom is 0.323 e. The largest absolute Gasteiger partial charge is 0.494 e. The second-order valence-corrected chi connectivity index (χ2v) is 10.0. The third kappa shape index (κ3) is 7.97. The predicted molar refractivity (Wildman–Crippen MR) is 157 cm³/mol. The smallest absolute Gasteiger partial charge is 0.323 e. The van der Waals surface area contributed by atoms with E-state index in [0.29, 0.717) is 65.8 Å². The summed E-state index contributed by atoms with van der Waals surface area (Å²) in [7, 11) is 0. The summed E-state index contributed by atoms with van der Waals surface area (Å²) in [5.74, 6) is -3.93. The fourth-order valence-electron chi connectivity index (χ4n) is 4.89. The standard InChI is InChI=1S/C33H32F3NO6/c1-21-25(6-4-9-29(38)39)31-26(34)17-14-23(33(31)37(21)20-30(40)41)13-10-22-11-15-24(16-12-22)42-18-2-3-19-43-28-8-5-7-27(35)32(28)36/h5,7-8,10-17H,2-4,6,9,18-20H2,1H3,(H,38,39)(H,40,41)/b13-10+. The van der Waals surface area contributed by atoms with Gasteiger partial charge in [-0.1, -0.05) is 30.4 Å². The number of hydrogen-bond donors (Lipinski definition) is 2. The highest BCUT2D eigenvalue weighted by atomic mass is 19.2. The molecular formula is C33H32F3NO6. The Hall–Kier alpha value is -4.73. The molecular weight excluding hydrogens is 563 g/mol. The van der Waals surface area contributed by atoms with Crippen LogP contribution in [0.3, 0.4) is 0 Å². The molecule has 4 aromatic rings. The number of aromatic nitrogens is 1. The van der Waals surface area contributed by atoms with Gasteiger partial charge in [-0.3, -0.25) is 9.59 Å². The Balaban J connectivity index is 1.40. The number of carboxylic acids is 2. The molecule has 0 unspecified atom stereocenters. The van der Waals surface area contributed by atoms with E-state index in [1.54, 1.807) is 35.8 Å². The van der Waals surface area contributed by atoms with Gasteiger partial charge >= 0.3 is 11.9 Å². The number of aliphatic carboxylic acids is 2. The van der Waals surface area contributed by atoms with Gasteiger partial charge in [-0.2, -0.15) is 4.39 Å². The maximum absolute atomic E-state index is 15.1. The predicted octanol–water partition coefficient (Wildman–Crippen LogP) is 7.27. The molecule has 10 heteroatoms. The van der Waals surface area contributed by atoms with E-state index in [1.165, 1.54) is 18.2 Å². The summed E-state index contributed by atoms with van der Waals surface area (Å²) in [5.41, 5.74) is 3.12. The highest BCUT2D eigenvalue weighted by molar-refractivity contribution is 5.95. The number of ether oxygens (including phenoxy) is 2. The van der Waals surface area contributed by atoms with Crippen LogP contribution in [0.5, 0.6) is 11.5 Å². The molecule has 0 amide bonds. The molecule has 7 nitrogen and oxygen atoms in total. The number of unbranched alkanes of at least 4 members (excludes halogenated alkanes) is 1. The number of nitrogens with zero attached hydrogens (tertiary/aromatic N) is 1. The quantitative estimate of drug-likeness (QED) is 0.111. The lowest BCUT2D eigenvalue weighted by molar-refractivity contribution is -0.138. The van der Waals surface area contributed by atoms with E-state index in [1.807, 2.05) is 18.2 Å². The lowest BCUT2D eigenvalue weighted by atomic mass is 10.0. The number of hydrogen-bond acceptors (Lipinski definition) is 4. The number of fused-ring (bicyclic) bond motifs is 1. The molecule has 1 heterocycles. The van der Waals surface area contributed by atoms with Crippen molar-refractivity contribution in [2.75, 3.05) is 13.2 Å². The lowest BCUT2D eigenvalue weighted by Crippen LogP contribution is -2.10.